The SMILES string of the molecule is CC1(C)CN2CC3C1C1CN4CC1C1C5C6CN7C(=O)C1(C4)C5C(C2)(/C7=C1/N2CC4C5C7CN8CC5(C2=O)C2C15CN1CC9C(C1)C5C42C(C)(C8)C97)C63. The normalized spacial score (nSPS) is 78.4. The number of fused-ring (bicyclic) bond motifs is 7. The van der Waals surface area contributed by atoms with Crippen LogP contribution in [0.3, 0.4) is 0 Å². The van der Waals surface area contributed by atoms with Crippen LogP contribution >= 0.6 is 0 Å². The highest BCUT2D eigenvalue weighted by atomic mass is 16.2. The van der Waals surface area contributed by atoms with E-state index in [9.17, 15) is 0 Å². The summed E-state index contributed by atoms with van der Waals surface area (Å²) in [4.78, 5) is 49.2. The summed E-state index contributed by atoms with van der Waals surface area (Å²) in [5, 5.41) is 0. The van der Waals surface area contributed by atoms with Crippen molar-refractivity contribution < 1.29 is 9.59 Å². The zero-order valence-electron chi connectivity index (χ0n) is 31.7. The monoisotopic (exact) mass is 710 g/mol. The van der Waals surface area contributed by atoms with Crippen LogP contribution in [0.4, 0.5) is 0 Å². The van der Waals surface area contributed by atoms with Crippen molar-refractivity contribution in [2.45, 2.75) is 20.8 Å². The molecule has 0 radical (unpaired) electrons. The van der Waals surface area contributed by atoms with Crippen LogP contribution < -0.4 is 0 Å². The average molecular weight is 711 g/mol. The number of hydrogen-bond donors (Lipinski definition) is 0. The van der Waals surface area contributed by atoms with E-state index in [1.807, 2.05) is 0 Å². The van der Waals surface area contributed by atoms with Crippen LogP contribution in [0.5, 0.6) is 0 Å². The predicted molar refractivity (Wildman–Crippen MR) is 190 cm³/mol. The number of nitrogens with zero attached hydrogens (tertiary/aromatic N) is 6. The summed E-state index contributed by atoms with van der Waals surface area (Å²) in [7, 11) is 0. The van der Waals surface area contributed by atoms with E-state index in [1.54, 1.807) is 11.4 Å². The van der Waals surface area contributed by atoms with E-state index in [0.29, 0.717) is 69.5 Å². The first kappa shape index (κ1) is 27.2. The second kappa shape index (κ2) is 6.75. The van der Waals surface area contributed by atoms with Gasteiger partial charge in [-0.3, -0.25) is 9.59 Å². The van der Waals surface area contributed by atoms with Crippen molar-refractivity contribution in [3.05, 3.63) is 11.4 Å². The third-order valence-electron chi connectivity index (χ3n) is 25.3. The van der Waals surface area contributed by atoms with E-state index >= 15 is 9.59 Å². The first-order chi connectivity index (χ1) is 25.6. The van der Waals surface area contributed by atoms with Crippen molar-refractivity contribution in [2.24, 2.45) is 139 Å². The maximum Gasteiger partial charge on any atom is 0.234 e. The van der Waals surface area contributed by atoms with Crippen LogP contribution in [0.2, 0.25) is 0 Å². The highest BCUT2D eigenvalue weighted by Gasteiger charge is 3.02. The summed E-state index contributed by atoms with van der Waals surface area (Å²) in [6.07, 6.45) is 0. The van der Waals surface area contributed by atoms with E-state index in [1.165, 1.54) is 65.4 Å². The molecule has 7 saturated carbocycles. The Morgan fingerprint density at radius 2 is 1.08 bits per heavy atom. The van der Waals surface area contributed by atoms with Gasteiger partial charge in [0.25, 0.3) is 0 Å². The molecule has 19 aliphatic rings. The molecular formula is C45H54N6O2. The van der Waals surface area contributed by atoms with Crippen LogP contribution in [0, 0.1) is 139 Å². The predicted octanol–water partition coefficient (Wildman–Crippen LogP) is 1.76. The molecule has 12 aliphatic heterocycles. The minimum atomic E-state index is -0.164. The van der Waals surface area contributed by atoms with Gasteiger partial charge in [-0.2, -0.15) is 0 Å². The molecule has 8 heteroatoms. The molecule has 0 N–H and O–H groups in total. The third kappa shape index (κ3) is 1.88. The van der Waals surface area contributed by atoms with Crippen molar-refractivity contribution in [3.63, 3.8) is 0 Å². The molecule has 12 saturated heterocycles. The fraction of sp³-hybridized carbons (Fsp3) is 0.911. The van der Waals surface area contributed by atoms with Gasteiger partial charge in [0.15, 0.2) is 0 Å². The van der Waals surface area contributed by atoms with Crippen LogP contribution in [0.15, 0.2) is 11.4 Å². The summed E-state index contributed by atoms with van der Waals surface area (Å²) in [5.41, 5.74) is 3.89. The van der Waals surface area contributed by atoms with Gasteiger partial charge in [0.1, 0.15) is 0 Å². The zero-order chi connectivity index (χ0) is 34.0. The average Bonchev–Trinajstić information content (AvgIpc) is 3.60. The zero-order valence-corrected chi connectivity index (χ0v) is 31.7. The Hall–Kier alpha value is -1.48. The summed E-state index contributed by atoms with van der Waals surface area (Å²) >= 11 is 0. The minimum absolute atomic E-state index is 0.0526. The number of hydrogen-bond acceptors (Lipinski definition) is 6. The fourth-order valence-corrected chi connectivity index (χ4v) is 27.1. The second-order valence-corrected chi connectivity index (χ2v) is 25.6. The first-order valence-corrected chi connectivity index (χ1v) is 22.9. The Balaban J connectivity index is 0.956. The Morgan fingerprint density at radius 1 is 0.472 bits per heavy atom. The molecular weight excluding hydrogens is 657 g/mol. The first-order valence-electron chi connectivity index (χ1n) is 22.9. The molecule has 19 rings (SSSR count). The van der Waals surface area contributed by atoms with Gasteiger partial charge in [0.2, 0.25) is 11.8 Å². The Labute approximate surface area is 312 Å². The van der Waals surface area contributed by atoms with E-state index in [-0.39, 0.29) is 21.7 Å². The Kier molecular flexibility index (Phi) is 3.46. The van der Waals surface area contributed by atoms with Crippen LogP contribution in [-0.2, 0) is 9.59 Å². The molecule has 0 aromatic carbocycles. The molecule has 19 fully saturated rings. The highest BCUT2D eigenvalue weighted by Crippen LogP contribution is 2.99. The quantitative estimate of drug-likeness (QED) is 0.383. The summed E-state index contributed by atoms with van der Waals surface area (Å²) in [5.74, 6) is 13.1. The molecule has 12 heterocycles. The molecule has 53 heavy (non-hydrogen) atoms. The summed E-state index contributed by atoms with van der Waals surface area (Å²) in [6, 6.07) is 0. The molecule has 0 aromatic heterocycles. The molecule has 276 valence electrons. The standard InChI is InChI=1S/C45H54N6O2/c1-39(2)12-48-8-23-27(39)18-4-46-5-19(18)31-26-22-10-50-34(41(14-48,29(22)23)33(26)42(31,15-46)37(50)52)35-44-17-47-6-20-21(7-47)32(44)45-25-11-51(35)38(53)43(36(44)45)16-49-9-24(30(25)43)28(20)40(45,3)13-49/h18-33,36H,4-17H2,1-3H3/b35-34-. The Bertz CT molecular complexity index is 2150. The number of rotatable bonds is 0. The number of carbonyl (C=O) groups excluding carboxylic acids is 2. The van der Waals surface area contributed by atoms with Gasteiger partial charge < -0.3 is 29.4 Å². The van der Waals surface area contributed by atoms with E-state index in [4.69, 9.17) is 0 Å². The molecule has 5 spiro atoms. The topological polar surface area (TPSA) is 53.6 Å². The summed E-state index contributed by atoms with van der Waals surface area (Å²) in [6.45, 7) is 24.9. The van der Waals surface area contributed by atoms with Gasteiger partial charge in [-0.25, -0.2) is 0 Å². The van der Waals surface area contributed by atoms with Crippen molar-refractivity contribution in [1.29, 1.82) is 0 Å². The van der Waals surface area contributed by atoms with E-state index in [2.05, 4.69) is 50.2 Å². The lowest BCUT2D eigenvalue weighted by Crippen LogP contribution is -2.83. The second-order valence-electron chi connectivity index (χ2n) is 25.6. The lowest BCUT2D eigenvalue weighted by molar-refractivity contribution is -0.343. The minimum Gasteiger partial charge on any atom is -0.313 e. The van der Waals surface area contributed by atoms with Gasteiger partial charge in [0, 0.05) is 114 Å². The van der Waals surface area contributed by atoms with Crippen LogP contribution in [0.1, 0.15) is 20.8 Å². The molecule has 2 amide bonds. The van der Waals surface area contributed by atoms with Crippen molar-refractivity contribution >= 4 is 11.8 Å². The van der Waals surface area contributed by atoms with Crippen LogP contribution in [0.25, 0.3) is 0 Å². The molecule has 20 bridgehead atoms. The molecule has 27 atom stereocenters. The molecule has 27 unspecified atom stereocenters. The number of piperidine rings is 10. The van der Waals surface area contributed by atoms with Crippen molar-refractivity contribution in [2.75, 3.05) is 91.6 Å². The number of carbonyl (C=O) groups is 2. The van der Waals surface area contributed by atoms with Gasteiger partial charge in [-0.15, -0.1) is 0 Å². The lowest BCUT2D eigenvalue weighted by atomic mass is 9.22. The maximum atomic E-state index is 16.2. The van der Waals surface area contributed by atoms with Crippen molar-refractivity contribution in [3.8, 4) is 0 Å². The third-order valence-corrected chi connectivity index (χ3v) is 25.3. The number of amides is 2. The fourth-order valence-electron chi connectivity index (χ4n) is 27.1. The lowest BCUT2D eigenvalue weighted by Gasteiger charge is -2.82. The van der Waals surface area contributed by atoms with E-state index < -0.39 is 0 Å². The summed E-state index contributed by atoms with van der Waals surface area (Å²) < 4.78 is 0. The van der Waals surface area contributed by atoms with Gasteiger partial charge in [0.05, 0.1) is 10.8 Å². The van der Waals surface area contributed by atoms with Crippen molar-refractivity contribution in [1.82, 2.24) is 29.4 Å². The largest absolute Gasteiger partial charge is 0.313 e. The smallest absolute Gasteiger partial charge is 0.234 e. The maximum absolute atomic E-state index is 16.2. The van der Waals surface area contributed by atoms with Gasteiger partial charge in [-0.1, -0.05) is 20.8 Å². The molecule has 8 nitrogen and oxygen atoms in total. The highest BCUT2D eigenvalue weighted by molar-refractivity contribution is 5.94. The van der Waals surface area contributed by atoms with Crippen LogP contribution in [-0.4, -0.2) is 133 Å². The molecule has 0 aromatic rings. The van der Waals surface area contributed by atoms with Gasteiger partial charge >= 0.3 is 0 Å². The Morgan fingerprint density at radius 3 is 1.91 bits per heavy atom. The van der Waals surface area contributed by atoms with Gasteiger partial charge in [-0.05, 0) is 117 Å². The van der Waals surface area contributed by atoms with E-state index in [0.717, 1.165) is 85.4 Å². The molecule has 7 aliphatic carbocycles.